The molecule has 0 spiro atoms. The molecule has 1 aliphatic heterocycles. The summed E-state index contributed by atoms with van der Waals surface area (Å²) in [5.41, 5.74) is 0.365. The fourth-order valence-corrected chi connectivity index (χ4v) is 3.35. The van der Waals surface area contributed by atoms with E-state index in [1.807, 2.05) is 0 Å². The lowest BCUT2D eigenvalue weighted by molar-refractivity contribution is 0.208. The Balaban J connectivity index is 1.62. The normalized spacial score (nSPS) is 14.6. The van der Waals surface area contributed by atoms with Crippen molar-refractivity contribution < 1.29 is 4.79 Å². The molecule has 2 amide bonds. The highest BCUT2D eigenvalue weighted by Gasteiger charge is 2.23. The number of carbonyl (C=O) groups is 1. The Hall–Kier alpha value is -1.76. The van der Waals surface area contributed by atoms with E-state index in [0.29, 0.717) is 46.9 Å². The number of piperazine rings is 1. The number of rotatable bonds is 2. The first-order valence-electron chi connectivity index (χ1n) is 7.26. The third-order valence-electron chi connectivity index (χ3n) is 3.68. The topological polar surface area (TPSA) is 61.4 Å². The number of halogens is 3. The number of urea groups is 1. The molecule has 1 aromatic heterocycles. The van der Waals surface area contributed by atoms with Crippen molar-refractivity contribution in [2.45, 2.75) is 0 Å². The smallest absolute Gasteiger partial charge is 0.322 e. The molecule has 3 rings (SSSR count). The van der Waals surface area contributed by atoms with E-state index < -0.39 is 0 Å². The highest BCUT2D eigenvalue weighted by atomic mass is 35.5. The molecule has 0 bridgehead atoms. The van der Waals surface area contributed by atoms with E-state index in [9.17, 15) is 4.79 Å². The number of carbonyl (C=O) groups excluding carboxylic acids is 1. The molecule has 1 aliphatic rings. The summed E-state index contributed by atoms with van der Waals surface area (Å²) in [6.07, 6.45) is 4.99. The van der Waals surface area contributed by atoms with E-state index in [0.717, 1.165) is 5.82 Å². The van der Waals surface area contributed by atoms with Crippen molar-refractivity contribution in [2.24, 2.45) is 0 Å². The van der Waals surface area contributed by atoms with Gasteiger partial charge in [-0.25, -0.2) is 9.78 Å². The Kier molecular flexibility index (Phi) is 5.28. The maximum atomic E-state index is 12.4. The van der Waals surface area contributed by atoms with Gasteiger partial charge in [0, 0.05) is 43.6 Å². The van der Waals surface area contributed by atoms with Crippen LogP contribution < -0.4 is 10.2 Å². The molecule has 0 unspecified atom stereocenters. The predicted octanol–water partition coefficient (Wildman–Crippen LogP) is 3.79. The molecule has 1 N–H and O–H groups in total. The maximum Gasteiger partial charge on any atom is 0.322 e. The van der Waals surface area contributed by atoms with E-state index in [1.54, 1.807) is 23.5 Å². The van der Waals surface area contributed by atoms with Crippen LogP contribution in [0.2, 0.25) is 15.1 Å². The third-order valence-corrected chi connectivity index (χ3v) is 4.49. The standard InChI is InChI=1S/C15H14Cl3N5O/c16-10-7-11(17)14(12(18)8-10)21-15(24)23-5-3-22(4-6-23)13-9-19-1-2-20-13/h1-2,7-9H,3-6H2,(H,21,24). The minimum absolute atomic E-state index is 0.250. The van der Waals surface area contributed by atoms with Gasteiger partial charge in [-0.3, -0.25) is 4.98 Å². The van der Waals surface area contributed by atoms with Crippen LogP contribution >= 0.6 is 34.8 Å². The average Bonchev–Trinajstić information content (AvgIpc) is 2.59. The predicted molar refractivity (Wildman–Crippen MR) is 96.3 cm³/mol. The minimum Gasteiger partial charge on any atom is -0.352 e. The summed E-state index contributed by atoms with van der Waals surface area (Å²) in [5.74, 6) is 0.807. The molecule has 2 aromatic rings. The minimum atomic E-state index is -0.250. The highest BCUT2D eigenvalue weighted by Crippen LogP contribution is 2.33. The Morgan fingerprint density at radius 1 is 1.04 bits per heavy atom. The van der Waals surface area contributed by atoms with Gasteiger partial charge in [0.2, 0.25) is 0 Å². The van der Waals surface area contributed by atoms with Crippen LogP contribution in [0.3, 0.4) is 0 Å². The zero-order chi connectivity index (χ0) is 17.1. The number of amides is 2. The van der Waals surface area contributed by atoms with Crippen LogP contribution in [0, 0.1) is 0 Å². The van der Waals surface area contributed by atoms with Gasteiger partial charge in [-0.15, -0.1) is 0 Å². The summed E-state index contributed by atoms with van der Waals surface area (Å²) < 4.78 is 0. The Morgan fingerprint density at radius 2 is 1.71 bits per heavy atom. The van der Waals surface area contributed by atoms with Crippen LogP contribution in [-0.2, 0) is 0 Å². The van der Waals surface area contributed by atoms with E-state index in [-0.39, 0.29) is 6.03 Å². The molecule has 0 atom stereocenters. The molecule has 1 fully saturated rings. The largest absolute Gasteiger partial charge is 0.352 e. The lowest BCUT2D eigenvalue weighted by Gasteiger charge is -2.35. The summed E-state index contributed by atoms with van der Waals surface area (Å²) in [7, 11) is 0. The van der Waals surface area contributed by atoms with Crippen molar-refractivity contribution in [3.8, 4) is 0 Å². The van der Waals surface area contributed by atoms with Crippen molar-refractivity contribution in [3.63, 3.8) is 0 Å². The first kappa shape index (κ1) is 17.1. The quantitative estimate of drug-likeness (QED) is 0.853. The number of anilines is 2. The zero-order valence-corrected chi connectivity index (χ0v) is 14.8. The Labute approximate surface area is 154 Å². The number of nitrogens with one attached hydrogen (secondary N) is 1. The second-order valence-corrected chi connectivity index (χ2v) is 6.46. The van der Waals surface area contributed by atoms with Gasteiger partial charge >= 0.3 is 6.03 Å². The van der Waals surface area contributed by atoms with E-state index >= 15 is 0 Å². The summed E-state index contributed by atoms with van der Waals surface area (Å²) in [6, 6.07) is 2.83. The van der Waals surface area contributed by atoms with Gasteiger partial charge in [0.25, 0.3) is 0 Å². The van der Waals surface area contributed by atoms with Crippen molar-refractivity contribution in [2.75, 3.05) is 36.4 Å². The maximum absolute atomic E-state index is 12.4. The van der Waals surface area contributed by atoms with Crippen LogP contribution in [0.25, 0.3) is 0 Å². The van der Waals surface area contributed by atoms with Crippen molar-refractivity contribution in [1.29, 1.82) is 0 Å². The summed E-state index contributed by atoms with van der Waals surface area (Å²) in [5, 5.41) is 3.77. The summed E-state index contributed by atoms with van der Waals surface area (Å²) in [6.45, 7) is 2.47. The lowest BCUT2D eigenvalue weighted by Crippen LogP contribution is -2.50. The number of benzene rings is 1. The molecule has 9 heteroatoms. The van der Waals surface area contributed by atoms with Gasteiger partial charge in [-0.05, 0) is 12.1 Å². The highest BCUT2D eigenvalue weighted by molar-refractivity contribution is 6.42. The molecule has 0 saturated carbocycles. The van der Waals surface area contributed by atoms with Crippen LogP contribution in [0.15, 0.2) is 30.7 Å². The van der Waals surface area contributed by atoms with Crippen LogP contribution in [0.5, 0.6) is 0 Å². The van der Waals surface area contributed by atoms with Crippen molar-refractivity contribution >= 4 is 52.3 Å². The van der Waals surface area contributed by atoms with Gasteiger partial charge in [-0.2, -0.15) is 0 Å². The third kappa shape index (κ3) is 3.83. The fourth-order valence-electron chi connectivity index (χ4n) is 2.44. The van der Waals surface area contributed by atoms with Crippen LogP contribution in [0.4, 0.5) is 16.3 Å². The molecule has 1 aromatic carbocycles. The molecule has 0 radical (unpaired) electrons. The number of aromatic nitrogens is 2. The molecule has 126 valence electrons. The second-order valence-electron chi connectivity index (χ2n) is 5.21. The van der Waals surface area contributed by atoms with Crippen LogP contribution in [-0.4, -0.2) is 47.1 Å². The van der Waals surface area contributed by atoms with Gasteiger partial charge in [0.15, 0.2) is 0 Å². The molecular weight excluding hydrogens is 373 g/mol. The van der Waals surface area contributed by atoms with Gasteiger partial charge in [0.1, 0.15) is 5.82 Å². The molecule has 0 aliphatic carbocycles. The second kappa shape index (κ2) is 7.42. The fraction of sp³-hybridized carbons (Fsp3) is 0.267. The van der Waals surface area contributed by atoms with Gasteiger partial charge in [-0.1, -0.05) is 34.8 Å². The monoisotopic (exact) mass is 385 g/mol. The van der Waals surface area contributed by atoms with Gasteiger partial charge < -0.3 is 15.1 Å². The number of nitrogens with zero attached hydrogens (tertiary/aromatic N) is 4. The zero-order valence-electron chi connectivity index (χ0n) is 12.5. The Morgan fingerprint density at radius 3 is 2.29 bits per heavy atom. The average molecular weight is 387 g/mol. The lowest BCUT2D eigenvalue weighted by atomic mass is 10.3. The summed E-state index contributed by atoms with van der Waals surface area (Å²) >= 11 is 18.1. The molecule has 2 heterocycles. The Bertz CT molecular complexity index is 712. The van der Waals surface area contributed by atoms with Gasteiger partial charge in [0.05, 0.1) is 21.9 Å². The summed E-state index contributed by atoms with van der Waals surface area (Å²) in [4.78, 5) is 24.5. The molecular formula is C15H14Cl3N5O. The molecule has 24 heavy (non-hydrogen) atoms. The number of hydrogen-bond donors (Lipinski definition) is 1. The molecule has 6 nitrogen and oxygen atoms in total. The van der Waals surface area contributed by atoms with E-state index in [2.05, 4.69) is 20.2 Å². The SMILES string of the molecule is O=C(Nc1c(Cl)cc(Cl)cc1Cl)N1CCN(c2cnccn2)CC1. The first-order chi connectivity index (χ1) is 11.5. The van der Waals surface area contributed by atoms with Crippen molar-refractivity contribution in [1.82, 2.24) is 14.9 Å². The van der Waals surface area contributed by atoms with E-state index in [4.69, 9.17) is 34.8 Å². The first-order valence-corrected chi connectivity index (χ1v) is 8.39. The number of hydrogen-bond acceptors (Lipinski definition) is 4. The van der Waals surface area contributed by atoms with E-state index in [1.165, 1.54) is 12.1 Å². The van der Waals surface area contributed by atoms with Crippen molar-refractivity contribution in [3.05, 3.63) is 45.8 Å². The molecule has 1 saturated heterocycles. The van der Waals surface area contributed by atoms with Crippen LogP contribution in [0.1, 0.15) is 0 Å².